The van der Waals surface area contributed by atoms with Crippen molar-refractivity contribution in [1.29, 1.82) is 0 Å². The van der Waals surface area contributed by atoms with Crippen LogP contribution < -0.4 is 9.47 Å². The number of hydrogen-bond donors (Lipinski definition) is 2. The number of ether oxygens (including phenoxy) is 2. The van der Waals surface area contributed by atoms with E-state index in [0.29, 0.717) is 11.5 Å². The summed E-state index contributed by atoms with van der Waals surface area (Å²) in [5.41, 5.74) is 4.72. The van der Waals surface area contributed by atoms with E-state index < -0.39 is 0 Å². The maximum Gasteiger partial charge on any atom is 0.160 e. The fraction of sp³-hybridized carbons (Fsp3) is 0.368. The van der Waals surface area contributed by atoms with Crippen molar-refractivity contribution in [3.63, 3.8) is 0 Å². The van der Waals surface area contributed by atoms with E-state index in [0.717, 1.165) is 37.1 Å². The smallest absolute Gasteiger partial charge is 0.160 e. The second-order valence-corrected chi connectivity index (χ2v) is 6.46. The summed E-state index contributed by atoms with van der Waals surface area (Å²) < 4.78 is 10.5. The molecule has 2 heterocycles. The number of nitrogens with zero attached hydrogens (tertiary/aromatic N) is 1. The molecule has 0 aliphatic carbocycles. The first-order chi connectivity index (χ1) is 11.6. The van der Waals surface area contributed by atoms with Gasteiger partial charge in [-0.25, -0.2) is 0 Å². The van der Waals surface area contributed by atoms with E-state index in [1.807, 2.05) is 24.3 Å². The molecule has 4 rings (SSSR count). The lowest BCUT2D eigenvalue weighted by Gasteiger charge is -2.41. The summed E-state index contributed by atoms with van der Waals surface area (Å²) in [6.45, 7) is 1.79. The van der Waals surface area contributed by atoms with Crippen LogP contribution in [0, 0.1) is 0 Å². The highest BCUT2D eigenvalue weighted by molar-refractivity contribution is 5.52. The third kappa shape index (κ3) is 2.27. The lowest BCUT2D eigenvalue weighted by Crippen LogP contribution is -2.39. The van der Waals surface area contributed by atoms with Gasteiger partial charge in [0.2, 0.25) is 0 Å². The molecule has 1 atom stereocenters. The summed E-state index contributed by atoms with van der Waals surface area (Å²) in [6.07, 6.45) is 1.75. The Labute approximate surface area is 141 Å². The number of phenolic OH excluding ortho intramolecular Hbond substituents is 2. The lowest BCUT2D eigenvalue weighted by molar-refractivity contribution is 0.160. The van der Waals surface area contributed by atoms with Gasteiger partial charge in [0.15, 0.2) is 23.0 Å². The monoisotopic (exact) mass is 327 g/mol. The second-order valence-electron chi connectivity index (χ2n) is 6.46. The van der Waals surface area contributed by atoms with Crippen LogP contribution in [0.1, 0.15) is 28.3 Å². The van der Waals surface area contributed by atoms with Crippen molar-refractivity contribution in [3.05, 3.63) is 46.5 Å². The van der Waals surface area contributed by atoms with Crippen molar-refractivity contribution in [3.8, 4) is 23.0 Å². The molecule has 0 saturated carbocycles. The molecule has 0 unspecified atom stereocenters. The predicted molar refractivity (Wildman–Crippen MR) is 89.9 cm³/mol. The Kier molecular flexibility index (Phi) is 3.53. The SMILES string of the molecule is COc1cc2c(cc1O)C[C@H]1c3cc(O)c(OC)cc3CCN1C2. The fourth-order valence-electron chi connectivity index (χ4n) is 3.94. The molecule has 2 aromatic carbocycles. The number of fused-ring (bicyclic) bond motifs is 4. The van der Waals surface area contributed by atoms with Crippen LogP contribution in [-0.4, -0.2) is 35.9 Å². The summed E-state index contributed by atoms with van der Waals surface area (Å²) in [5, 5.41) is 20.2. The Hall–Kier alpha value is -2.40. The summed E-state index contributed by atoms with van der Waals surface area (Å²) >= 11 is 0. The maximum atomic E-state index is 10.2. The van der Waals surface area contributed by atoms with Gasteiger partial charge in [0, 0.05) is 19.1 Å². The van der Waals surface area contributed by atoms with Crippen molar-refractivity contribution in [2.45, 2.75) is 25.4 Å². The average molecular weight is 327 g/mol. The molecule has 126 valence electrons. The van der Waals surface area contributed by atoms with Crippen LogP contribution in [0.5, 0.6) is 23.0 Å². The zero-order chi connectivity index (χ0) is 16.8. The first kappa shape index (κ1) is 15.1. The van der Waals surface area contributed by atoms with Gasteiger partial charge in [0.1, 0.15) is 0 Å². The normalized spacial score (nSPS) is 19.2. The van der Waals surface area contributed by atoms with Crippen LogP contribution in [0.2, 0.25) is 0 Å². The summed E-state index contributed by atoms with van der Waals surface area (Å²) in [6, 6.07) is 7.74. The van der Waals surface area contributed by atoms with E-state index in [-0.39, 0.29) is 17.5 Å². The third-order valence-electron chi connectivity index (χ3n) is 5.20. The highest BCUT2D eigenvalue weighted by Gasteiger charge is 2.33. The molecule has 0 bridgehead atoms. The Morgan fingerprint density at radius 1 is 0.917 bits per heavy atom. The highest BCUT2D eigenvalue weighted by Crippen LogP contribution is 2.43. The van der Waals surface area contributed by atoms with E-state index in [1.54, 1.807) is 14.2 Å². The van der Waals surface area contributed by atoms with Crippen molar-refractivity contribution in [1.82, 2.24) is 4.90 Å². The quantitative estimate of drug-likeness (QED) is 0.888. The van der Waals surface area contributed by atoms with Crippen molar-refractivity contribution < 1.29 is 19.7 Å². The van der Waals surface area contributed by atoms with Crippen LogP contribution in [0.4, 0.5) is 0 Å². The van der Waals surface area contributed by atoms with E-state index in [1.165, 1.54) is 11.1 Å². The molecule has 24 heavy (non-hydrogen) atoms. The van der Waals surface area contributed by atoms with Gasteiger partial charge in [0.05, 0.1) is 14.2 Å². The van der Waals surface area contributed by atoms with Gasteiger partial charge < -0.3 is 19.7 Å². The van der Waals surface area contributed by atoms with Gasteiger partial charge in [-0.3, -0.25) is 4.90 Å². The number of rotatable bonds is 2. The minimum atomic E-state index is 0.179. The summed E-state index contributed by atoms with van der Waals surface area (Å²) in [7, 11) is 3.14. The molecule has 2 aliphatic heterocycles. The van der Waals surface area contributed by atoms with Crippen LogP contribution in [0.3, 0.4) is 0 Å². The Morgan fingerprint density at radius 2 is 1.58 bits per heavy atom. The molecule has 5 nitrogen and oxygen atoms in total. The standard InChI is InChI=1S/C19H21NO4/c1-23-18-7-11-3-4-20-10-13-8-19(24-2)16(21)6-12(13)5-15(20)14(11)9-17(18)22/h6-9,15,21-22H,3-5,10H2,1-2H3/t15-/m0/s1. The van der Waals surface area contributed by atoms with Crippen LogP contribution >= 0.6 is 0 Å². The maximum absolute atomic E-state index is 10.2. The molecule has 0 fully saturated rings. The van der Waals surface area contributed by atoms with Gasteiger partial charge in [-0.2, -0.15) is 0 Å². The number of benzene rings is 2. The molecule has 5 heteroatoms. The third-order valence-corrected chi connectivity index (χ3v) is 5.20. The number of hydrogen-bond acceptors (Lipinski definition) is 5. The molecule has 2 N–H and O–H groups in total. The highest BCUT2D eigenvalue weighted by atomic mass is 16.5. The topological polar surface area (TPSA) is 62.2 Å². The van der Waals surface area contributed by atoms with Gasteiger partial charge >= 0.3 is 0 Å². The molecule has 0 amide bonds. The van der Waals surface area contributed by atoms with E-state index >= 15 is 0 Å². The molecule has 0 saturated heterocycles. The van der Waals surface area contributed by atoms with Crippen LogP contribution in [0.25, 0.3) is 0 Å². The van der Waals surface area contributed by atoms with Gasteiger partial charge in [-0.05, 0) is 59.4 Å². The molecule has 0 aromatic heterocycles. The molecule has 0 spiro atoms. The average Bonchev–Trinajstić information content (AvgIpc) is 2.59. The van der Waals surface area contributed by atoms with Gasteiger partial charge in [-0.1, -0.05) is 0 Å². The van der Waals surface area contributed by atoms with Crippen molar-refractivity contribution in [2.75, 3.05) is 20.8 Å². The van der Waals surface area contributed by atoms with E-state index in [2.05, 4.69) is 4.90 Å². The largest absolute Gasteiger partial charge is 0.504 e. The first-order valence-electron chi connectivity index (χ1n) is 8.13. The molecular formula is C19H21NO4. The van der Waals surface area contributed by atoms with Crippen molar-refractivity contribution >= 4 is 0 Å². The van der Waals surface area contributed by atoms with E-state index in [9.17, 15) is 10.2 Å². The Bertz CT molecular complexity index is 802. The molecular weight excluding hydrogens is 306 g/mol. The second kappa shape index (κ2) is 5.60. The van der Waals surface area contributed by atoms with Crippen LogP contribution in [0.15, 0.2) is 24.3 Å². The zero-order valence-corrected chi connectivity index (χ0v) is 13.9. The van der Waals surface area contributed by atoms with E-state index in [4.69, 9.17) is 9.47 Å². The molecule has 2 aromatic rings. The molecule has 2 aliphatic rings. The number of phenols is 2. The zero-order valence-electron chi connectivity index (χ0n) is 13.9. The van der Waals surface area contributed by atoms with Gasteiger partial charge in [-0.15, -0.1) is 0 Å². The summed E-state index contributed by atoms with van der Waals surface area (Å²) in [5.74, 6) is 1.41. The van der Waals surface area contributed by atoms with Gasteiger partial charge in [0.25, 0.3) is 0 Å². The first-order valence-corrected chi connectivity index (χ1v) is 8.13. The fourth-order valence-corrected chi connectivity index (χ4v) is 3.94. The summed E-state index contributed by atoms with van der Waals surface area (Å²) in [4.78, 5) is 2.42. The minimum Gasteiger partial charge on any atom is -0.504 e. The predicted octanol–water partition coefficient (Wildman–Crippen LogP) is 2.77. The minimum absolute atomic E-state index is 0.179. The number of methoxy groups -OCH3 is 2. The van der Waals surface area contributed by atoms with Crippen molar-refractivity contribution in [2.24, 2.45) is 0 Å². The Morgan fingerprint density at radius 3 is 2.29 bits per heavy atom. The molecule has 0 radical (unpaired) electrons. The van der Waals surface area contributed by atoms with Crippen LogP contribution in [-0.2, 0) is 19.4 Å². The number of aromatic hydroxyl groups is 2. The Balaban J connectivity index is 1.75. The lowest BCUT2D eigenvalue weighted by atomic mass is 9.83.